The highest BCUT2D eigenvalue weighted by Gasteiger charge is 2.11. The zero-order chi connectivity index (χ0) is 11.4. The standard InChI is InChI=1S/C10H18N4O/c1-7(15)5-14(4)10-8(2)9(11-3)12-6-13-10/h6-7,15H,5H2,1-4H3,(H,11,12,13). The fourth-order valence-corrected chi connectivity index (χ4v) is 1.56. The summed E-state index contributed by atoms with van der Waals surface area (Å²) >= 11 is 0. The van der Waals surface area contributed by atoms with Gasteiger partial charge in [0.05, 0.1) is 6.10 Å². The maximum atomic E-state index is 9.30. The lowest BCUT2D eigenvalue weighted by atomic mass is 10.2. The molecule has 0 aliphatic heterocycles. The highest BCUT2D eigenvalue weighted by atomic mass is 16.3. The van der Waals surface area contributed by atoms with Crippen LogP contribution in [-0.2, 0) is 0 Å². The van der Waals surface area contributed by atoms with Crippen LogP contribution in [-0.4, -0.2) is 41.8 Å². The van der Waals surface area contributed by atoms with Crippen molar-refractivity contribution in [3.05, 3.63) is 11.9 Å². The molecule has 0 spiro atoms. The van der Waals surface area contributed by atoms with E-state index in [1.807, 2.05) is 25.9 Å². The number of anilines is 2. The summed E-state index contributed by atoms with van der Waals surface area (Å²) in [5.74, 6) is 1.66. The first-order valence-corrected chi connectivity index (χ1v) is 4.94. The van der Waals surface area contributed by atoms with Gasteiger partial charge in [-0.2, -0.15) is 0 Å². The molecule has 0 aliphatic carbocycles. The monoisotopic (exact) mass is 210 g/mol. The number of hydrogen-bond acceptors (Lipinski definition) is 5. The molecular formula is C10H18N4O. The predicted octanol–water partition coefficient (Wildman–Crippen LogP) is 0.644. The van der Waals surface area contributed by atoms with Gasteiger partial charge in [-0.3, -0.25) is 0 Å². The number of rotatable bonds is 4. The molecule has 2 N–H and O–H groups in total. The molecule has 0 saturated carbocycles. The molecular weight excluding hydrogens is 192 g/mol. The molecule has 0 bridgehead atoms. The van der Waals surface area contributed by atoms with Crippen molar-refractivity contribution < 1.29 is 5.11 Å². The largest absolute Gasteiger partial charge is 0.392 e. The van der Waals surface area contributed by atoms with Gasteiger partial charge >= 0.3 is 0 Å². The van der Waals surface area contributed by atoms with Crippen molar-refractivity contribution in [3.63, 3.8) is 0 Å². The van der Waals surface area contributed by atoms with Crippen LogP contribution in [0.1, 0.15) is 12.5 Å². The van der Waals surface area contributed by atoms with Gasteiger partial charge < -0.3 is 15.3 Å². The Morgan fingerprint density at radius 3 is 2.73 bits per heavy atom. The minimum atomic E-state index is -0.373. The van der Waals surface area contributed by atoms with Crippen molar-refractivity contribution >= 4 is 11.6 Å². The second-order valence-corrected chi connectivity index (χ2v) is 3.65. The SMILES string of the molecule is CNc1ncnc(N(C)CC(C)O)c1C. The summed E-state index contributed by atoms with van der Waals surface area (Å²) in [4.78, 5) is 10.2. The number of nitrogens with one attached hydrogen (secondary N) is 1. The molecule has 0 saturated heterocycles. The Morgan fingerprint density at radius 1 is 1.53 bits per heavy atom. The van der Waals surface area contributed by atoms with Crippen molar-refractivity contribution in [2.45, 2.75) is 20.0 Å². The summed E-state index contributed by atoms with van der Waals surface area (Å²) in [6.07, 6.45) is 1.15. The maximum Gasteiger partial charge on any atom is 0.136 e. The summed E-state index contributed by atoms with van der Waals surface area (Å²) in [6.45, 7) is 4.27. The topological polar surface area (TPSA) is 61.3 Å². The van der Waals surface area contributed by atoms with Crippen LogP contribution in [0, 0.1) is 6.92 Å². The summed E-state index contributed by atoms with van der Waals surface area (Å²) in [6, 6.07) is 0. The lowest BCUT2D eigenvalue weighted by Gasteiger charge is -2.22. The molecule has 0 amide bonds. The molecule has 15 heavy (non-hydrogen) atoms. The van der Waals surface area contributed by atoms with Crippen LogP contribution < -0.4 is 10.2 Å². The first kappa shape index (κ1) is 11.7. The number of aromatic nitrogens is 2. The fraction of sp³-hybridized carbons (Fsp3) is 0.600. The van der Waals surface area contributed by atoms with Crippen molar-refractivity contribution in [2.75, 3.05) is 30.9 Å². The Hall–Kier alpha value is -1.36. The summed E-state index contributed by atoms with van der Waals surface area (Å²) in [5, 5.41) is 12.3. The van der Waals surface area contributed by atoms with Gasteiger partial charge in [0.2, 0.25) is 0 Å². The normalized spacial score (nSPS) is 12.3. The molecule has 0 fully saturated rings. The summed E-state index contributed by atoms with van der Waals surface area (Å²) in [5.41, 5.74) is 0.989. The zero-order valence-corrected chi connectivity index (χ0v) is 9.65. The molecule has 5 nitrogen and oxygen atoms in total. The molecule has 0 aliphatic rings. The third-order valence-corrected chi connectivity index (χ3v) is 2.19. The fourth-order valence-electron chi connectivity index (χ4n) is 1.56. The second-order valence-electron chi connectivity index (χ2n) is 3.65. The molecule has 1 rings (SSSR count). The quantitative estimate of drug-likeness (QED) is 0.764. The van der Waals surface area contributed by atoms with Gasteiger partial charge in [-0.1, -0.05) is 0 Å². The van der Waals surface area contributed by atoms with Gasteiger partial charge in [0.1, 0.15) is 18.0 Å². The smallest absolute Gasteiger partial charge is 0.136 e. The molecule has 5 heteroatoms. The van der Waals surface area contributed by atoms with Gasteiger partial charge in [-0.15, -0.1) is 0 Å². The van der Waals surface area contributed by atoms with E-state index in [4.69, 9.17) is 0 Å². The lowest BCUT2D eigenvalue weighted by molar-refractivity contribution is 0.201. The van der Waals surface area contributed by atoms with E-state index in [9.17, 15) is 5.11 Å². The Kier molecular flexibility index (Phi) is 3.85. The maximum absolute atomic E-state index is 9.30. The van der Waals surface area contributed by atoms with Crippen molar-refractivity contribution in [2.24, 2.45) is 0 Å². The molecule has 1 atom stereocenters. The molecule has 1 heterocycles. The van der Waals surface area contributed by atoms with Crippen LogP contribution in [0.25, 0.3) is 0 Å². The Bertz CT molecular complexity index is 327. The Labute approximate surface area is 90.2 Å². The number of aliphatic hydroxyl groups is 1. The van der Waals surface area contributed by atoms with Gasteiger partial charge in [0, 0.05) is 26.2 Å². The van der Waals surface area contributed by atoms with E-state index in [0.717, 1.165) is 17.2 Å². The van der Waals surface area contributed by atoms with Crippen molar-refractivity contribution in [1.82, 2.24) is 9.97 Å². The molecule has 0 radical (unpaired) electrons. The van der Waals surface area contributed by atoms with Gasteiger partial charge in [0.25, 0.3) is 0 Å². The van der Waals surface area contributed by atoms with Crippen LogP contribution in [0.15, 0.2) is 6.33 Å². The lowest BCUT2D eigenvalue weighted by Crippen LogP contribution is -2.28. The number of likely N-dealkylation sites (N-methyl/N-ethyl adjacent to an activating group) is 1. The van der Waals surface area contributed by atoms with E-state index in [1.54, 1.807) is 6.92 Å². The predicted molar refractivity (Wildman–Crippen MR) is 61.3 cm³/mol. The average Bonchev–Trinajstić information content (AvgIpc) is 2.17. The van der Waals surface area contributed by atoms with Crippen molar-refractivity contribution in [3.8, 4) is 0 Å². The van der Waals surface area contributed by atoms with Crippen LogP contribution >= 0.6 is 0 Å². The third-order valence-electron chi connectivity index (χ3n) is 2.19. The van der Waals surface area contributed by atoms with E-state index < -0.39 is 0 Å². The third kappa shape index (κ3) is 2.79. The van der Waals surface area contributed by atoms with Gasteiger partial charge in [-0.25, -0.2) is 9.97 Å². The number of hydrogen-bond donors (Lipinski definition) is 2. The zero-order valence-electron chi connectivity index (χ0n) is 9.65. The average molecular weight is 210 g/mol. The highest BCUT2D eigenvalue weighted by molar-refractivity contribution is 5.57. The summed E-state index contributed by atoms with van der Waals surface area (Å²) < 4.78 is 0. The van der Waals surface area contributed by atoms with Crippen molar-refractivity contribution in [1.29, 1.82) is 0 Å². The molecule has 84 valence electrons. The van der Waals surface area contributed by atoms with Gasteiger partial charge in [-0.05, 0) is 13.8 Å². The van der Waals surface area contributed by atoms with Crippen LogP contribution in [0.4, 0.5) is 11.6 Å². The molecule has 1 aromatic rings. The van der Waals surface area contributed by atoms with E-state index >= 15 is 0 Å². The molecule has 0 aromatic carbocycles. The van der Waals surface area contributed by atoms with Crippen LogP contribution in [0.5, 0.6) is 0 Å². The molecule has 1 unspecified atom stereocenters. The van der Waals surface area contributed by atoms with Gasteiger partial charge in [0.15, 0.2) is 0 Å². The van der Waals surface area contributed by atoms with E-state index in [0.29, 0.717) is 6.54 Å². The van der Waals surface area contributed by atoms with E-state index in [2.05, 4.69) is 15.3 Å². The Morgan fingerprint density at radius 2 is 2.20 bits per heavy atom. The second kappa shape index (κ2) is 4.93. The molecule has 1 aromatic heterocycles. The highest BCUT2D eigenvalue weighted by Crippen LogP contribution is 2.20. The summed E-state index contributed by atoms with van der Waals surface area (Å²) in [7, 11) is 3.73. The minimum Gasteiger partial charge on any atom is -0.392 e. The van der Waals surface area contributed by atoms with E-state index in [-0.39, 0.29) is 6.10 Å². The number of nitrogens with zero attached hydrogens (tertiary/aromatic N) is 3. The Balaban J connectivity index is 2.93. The first-order chi connectivity index (χ1) is 7.06. The number of aliphatic hydroxyl groups excluding tert-OH is 1. The minimum absolute atomic E-state index is 0.373. The van der Waals surface area contributed by atoms with Crippen LogP contribution in [0.3, 0.4) is 0 Å². The first-order valence-electron chi connectivity index (χ1n) is 4.94. The van der Waals surface area contributed by atoms with E-state index in [1.165, 1.54) is 6.33 Å². The van der Waals surface area contributed by atoms with Crippen LogP contribution in [0.2, 0.25) is 0 Å².